The number of nitro groups is 1. The number of nitrogens with zero attached hydrogens (tertiary/aromatic N) is 4. The summed E-state index contributed by atoms with van der Waals surface area (Å²) in [6.07, 6.45) is 3.35. The molecule has 4 rings (SSSR count). The SMILES string of the molecule is Cc1ccc(C(=O)C2CCN(Cn3ncc4ccc([N+](=O)[O-])cc43)CC2)c(C)c1. The van der Waals surface area contributed by atoms with Gasteiger partial charge in [0.2, 0.25) is 0 Å². The molecule has 0 spiro atoms. The fourth-order valence-corrected chi connectivity index (χ4v) is 4.12. The minimum Gasteiger partial charge on any atom is -0.294 e. The molecule has 0 unspecified atom stereocenters. The highest BCUT2D eigenvalue weighted by atomic mass is 16.6. The molecule has 0 atom stereocenters. The van der Waals surface area contributed by atoms with Gasteiger partial charge in [-0.2, -0.15) is 5.10 Å². The van der Waals surface area contributed by atoms with Crippen molar-refractivity contribution in [1.29, 1.82) is 0 Å². The van der Waals surface area contributed by atoms with E-state index in [4.69, 9.17) is 0 Å². The van der Waals surface area contributed by atoms with Gasteiger partial charge in [-0.15, -0.1) is 0 Å². The van der Waals surface area contributed by atoms with Gasteiger partial charge in [-0.25, -0.2) is 0 Å². The summed E-state index contributed by atoms with van der Waals surface area (Å²) in [4.78, 5) is 25.9. The number of nitro benzene ring substituents is 1. The van der Waals surface area contributed by atoms with Gasteiger partial charge in [0.1, 0.15) is 0 Å². The first-order chi connectivity index (χ1) is 13.9. The molecule has 7 nitrogen and oxygen atoms in total. The number of benzene rings is 2. The number of hydrogen-bond donors (Lipinski definition) is 0. The van der Waals surface area contributed by atoms with Gasteiger partial charge in [-0.05, 0) is 38.3 Å². The lowest BCUT2D eigenvalue weighted by Gasteiger charge is -2.31. The predicted octanol–water partition coefficient (Wildman–Crippen LogP) is 4.11. The summed E-state index contributed by atoms with van der Waals surface area (Å²) >= 11 is 0. The Bertz CT molecular complexity index is 1080. The van der Waals surface area contributed by atoms with Crippen molar-refractivity contribution in [2.75, 3.05) is 13.1 Å². The van der Waals surface area contributed by atoms with Gasteiger partial charge in [0.25, 0.3) is 5.69 Å². The van der Waals surface area contributed by atoms with Gasteiger partial charge < -0.3 is 0 Å². The Morgan fingerprint density at radius 3 is 2.62 bits per heavy atom. The number of rotatable bonds is 5. The van der Waals surface area contributed by atoms with Crippen LogP contribution in [0.2, 0.25) is 0 Å². The zero-order valence-electron chi connectivity index (χ0n) is 16.7. The highest BCUT2D eigenvalue weighted by molar-refractivity contribution is 5.99. The van der Waals surface area contributed by atoms with Crippen LogP contribution in [0, 0.1) is 29.9 Å². The van der Waals surface area contributed by atoms with Crippen molar-refractivity contribution in [2.24, 2.45) is 5.92 Å². The first-order valence-corrected chi connectivity index (χ1v) is 9.86. The lowest BCUT2D eigenvalue weighted by Crippen LogP contribution is -2.37. The Labute approximate surface area is 169 Å². The van der Waals surface area contributed by atoms with Crippen molar-refractivity contribution in [1.82, 2.24) is 14.7 Å². The molecular formula is C22H24N4O3. The minimum absolute atomic E-state index is 0.0445. The van der Waals surface area contributed by atoms with Crippen LogP contribution in [0.5, 0.6) is 0 Å². The van der Waals surface area contributed by atoms with Gasteiger partial charge in [-0.1, -0.05) is 23.8 Å². The Morgan fingerprint density at radius 2 is 1.93 bits per heavy atom. The number of Topliss-reactive ketones (excluding diaryl/α,β-unsaturated/α-hetero) is 1. The number of piperidine rings is 1. The maximum Gasteiger partial charge on any atom is 0.271 e. The molecule has 0 bridgehead atoms. The van der Waals surface area contributed by atoms with Gasteiger partial charge in [0.05, 0.1) is 23.3 Å². The van der Waals surface area contributed by atoms with Crippen LogP contribution in [0.25, 0.3) is 10.9 Å². The summed E-state index contributed by atoms with van der Waals surface area (Å²) in [7, 11) is 0. The Balaban J connectivity index is 1.42. The van der Waals surface area contributed by atoms with Crippen LogP contribution < -0.4 is 0 Å². The molecule has 1 aliphatic rings. The fraction of sp³-hybridized carbons (Fsp3) is 0.364. The molecular weight excluding hydrogens is 368 g/mol. The lowest BCUT2D eigenvalue weighted by atomic mass is 9.87. The number of non-ortho nitro benzene ring substituents is 1. The third-order valence-corrected chi connectivity index (χ3v) is 5.78. The van der Waals surface area contributed by atoms with Crippen molar-refractivity contribution < 1.29 is 9.72 Å². The molecule has 0 amide bonds. The second kappa shape index (κ2) is 7.75. The van der Waals surface area contributed by atoms with E-state index in [9.17, 15) is 14.9 Å². The second-order valence-electron chi connectivity index (χ2n) is 7.86. The summed E-state index contributed by atoms with van der Waals surface area (Å²) in [6, 6.07) is 10.8. The van der Waals surface area contributed by atoms with Crippen molar-refractivity contribution in [3.8, 4) is 0 Å². The molecule has 1 aromatic heterocycles. The summed E-state index contributed by atoms with van der Waals surface area (Å²) in [6.45, 7) is 6.20. The van der Waals surface area contributed by atoms with Gasteiger partial charge in [0, 0.05) is 42.1 Å². The number of hydrogen-bond acceptors (Lipinski definition) is 5. The summed E-state index contributed by atoms with van der Waals surface area (Å²) in [5.41, 5.74) is 3.87. The largest absolute Gasteiger partial charge is 0.294 e. The number of likely N-dealkylation sites (tertiary alicyclic amines) is 1. The predicted molar refractivity (Wildman–Crippen MR) is 111 cm³/mol. The van der Waals surface area contributed by atoms with E-state index in [2.05, 4.69) is 16.1 Å². The Hall–Kier alpha value is -3.06. The zero-order valence-corrected chi connectivity index (χ0v) is 16.7. The number of aromatic nitrogens is 2. The van der Waals surface area contributed by atoms with E-state index in [1.165, 1.54) is 11.6 Å². The summed E-state index contributed by atoms with van der Waals surface area (Å²) in [5.74, 6) is 0.283. The third-order valence-electron chi connectivity index (χ3n) is 5.78. The van der Waals surface area contributed by atoms with Crippen LogP contribution in [0.1, 0.15) is 34.3 Å². The number of carbonyl (C=O) groups is 1. The number of fused-ring (bicyclic) bond motifs is 1. The standard InChI is InChI=1S/C22H24N4O3/c1-15-3-6-20(16(2)11-15)22(27)17-7-9-24(10-8-17)14-25-21-12-19(26(28)29)5-4-18(21)13-23-25/h3-6,11-13,17H,7-10,14H2,1-2H3. The van der Waals surface area contributed by atoms with E-state index in [0.29, 0.717) is 6.67 Å². The molecule has 1 fully saturated rings. The number of ketones is 1. The van der Waals surface area contributed by atoms with Crippen molar-refractivity contribution in [3.05, 3.63) is 69.4 Å². The van der Waals surface area contributed by atoms with Crippen LogP contribution in [-0.2, 0) is 6.67 Å². The van der Waals surface area contributed by atoms with Gasteiger partial charge in [-0.3, -0.25) is 24.5 Å². The number of aryl methyl sites for hydroxylation is 2. The molecule has 0 radical (unpaired) electrons. The van der Waals surface area contributed by atoms with E-state index in [-0.39, 0.29) is 22.3 Å². The lowest BCUT2D eigenvalue weighted by molar-refractivity contribution is -0.384. The normalized spacial score (nSPS) is 15.7. The average Bonchev–Trinajstić information content (AvgIpc) is 3.10. The van der Waals surface area contributed by atoms with E-state index in [1.807, 2.05) is 26.0 Å². The van der Waals surface area contributed by atoms with Crippen LogP contribution in [0.15, 0.2) is 42.6 Å². The van der Waals surface area contributed by atoms with Crippen molar-refractivity contribution in [3.63, 3.8) is 0 Å². The molecule has 1 saturated heterocycles. The smallest absolute Gasteiger partial charge is 0.271 e. The minimum atomic E-state index is -0.388. The highest BCUT2D eigenvalue weighted by Gasteiger charge is 2.27. The summed E-state index contributed by atoms with van der Waals surface area (Å²) in [5, 5.41) is 16.3. The van der Waals surface area contributed by atoms with E-state index >= 15 is 0 Å². The van der Waals surface area contributed by atoms with E-state index in [1.54, 1.807) is 23.0 Å². The Morgan fingerprint density at radius 1 is 1.17 bits per heavy atom. The molecule has 2 aromatic carbocycles. The number of carbonyl (C=O) groups excluding carboxylic acids is 1. The average molecular weight is 392 g/mol. The molecule has 1 aliphatic heterocycles. The quantitative estimate of drug-likeness (QED) is 0.371. The zero-order chi connectivity index (χ0) is 20.5. The fourth-order valence-electron chi connectivity index (χ4n) is 4.12. The molecule has 2 heterocycles. The second-order valence-corrected chi connectivity index (χ2v) is 7.86. The first kappa shape index (κ1) is 19.3. The van der Waals surface area contributed by atoms with Gasteiger partial charge >= 0.3 is 0 Å². The van der Waals surface area contributed by atoms with Crippen molar-refractivity contribution in [2.45, 2.75) is 33.4 Å². The van der Waals surface area contributed by atoms with Crippen LogP contribution in [-0.4, -0.2) is 38.5 Å². The molecule has 0 aliphatic carbocycles. The van der Waals surface area contributed by atoms with Crippen LogP contribution in [0.3, 0.4) is 0 Å². The summed E-state index contributed by atoms with van der Waals surface area (Å²) < 4.78 is 1.80. The van der Waals surface area contributed by atoms with E-state index in [0.717, 1.165) is 48.0 Å². The Kier molecular flexibility index (Phi) is 5.15. The van der Waals surface area contributed by atoms with Gasteiger partial charge in [0.15, 0.2) is 5.78 Å². The third kappa shape index (κ3) is 3.91. The first-order valence-electron chi connectivity index (χ1n) is 9.86. The maximum absolute atomic E-state index is 12.9. The molecule has 7 heteroatoms. The topological polar surface area (TPSA) is 81.3 Å². The molecule has 3 aromatic rings. The van der Waals surface area contributed by atoms with Crippen LogP contribution >= 0.6 is 0 Å². The molecule has 0 N–H and O–H groups in total. The molecule has 150 valence electrons. The molecule has 0 saturated carbocycles. The van der Waals surface area contributed by atoms with E-state index < -0.39 is 0 Å². The van der Waals surface area contributed by atoms with Crippen molar-refractivity contribution >= 4 is 22.4 Å². The maximum atomic E-state index is 12.9. The monoisotopic (exact) mass is 392 g/mol. The highest BCUT2D eigenvalue weighted by Crippen LogP contribution is 2.25. The molecule has 29 heavy (non-hydrogen) atoms. The van der Waals surface area contributed by atoms with Crippen LogP contribution in [0.4, 0.5) is 5.69 Å².